The summed E-state index contributed by atoms with van der Waals surface area (Å²) in [5.74, 6) is 1.04. The first-order valence-electron chi connectivity index (χ1n) is 7.86. The Morgan fingerprint density at radius 2 is 1.79 bits per heavy atom. The molecule has 1 fully saturated rings. The molecule has 1 saturated heterocycles. The van der Waals surface area contributed by atoms with Crippen molar-refractivity contribution in [3.63, 3.8) is 0 Å². The van der Waals surface area contributed by atoms with Crippen molar-refractivity contribution >= 4 is 44.9 Å². The van der Waals surface area contributed by atoms with Crippen LogP contribution in [0.15, 0.2) is 21.5 Å². The van der Waals surface area contributed by atoms with Gasteiger partial charge in [0.05, 0.1) is 22.6 Å². The zero-order chi connectivity index (χ0) is 17.7. The van der Waals surface area contributed by atoms with Crippen LogP contribution < -0.4 is 9.47 Å². The summed E-state index contributed by atoms with van der Waals surface area (Å²) in [6.07, 6.45) is 2.44. The van der Waals surface area contributed by atoms with E-state index in [1.54, 1.807) is 12.1 Å². The number of nitrogens with zero attached hydrogens (tertiary/aromatic N) is 1. The van der Waals surface area contributed by atoms with E-state index in [9.17, 15) is 9.59 Å². The van der Waals surface area contributed by atoms with Crippen LogP contribution in [0, 0.1) is 0 Å². The summed E-state index contributed by atoms with van der Waals surface area (Å²) < 4.78 is 12.0. The molecule has 1 aliphatic rings. The Labute approximate surface area is 154 Å². The van der Waals surface area contributed by atoms with E-state index in [0.29, 0.717) is 36.2 Å². The number of thioether (sulfide) groups is 1. The monoisotopic (exact) mass is 413 g/mol. The summed E-state index contributed by atoms with van der Waals surface area (Å²) >= 11 is 4.43. The second-order valence-electron chi connectivity index (χ2n) is 5.02. The lowest BCUT2D eigenvalue weighted by atomic mass is 10.1. The van der Waals surface area contributed by atoms with Crippen molar-refractivity contribution in [2.24, 2.45) is 0 Å². The van der Waals surface area contributed by atoms with E-state index in [-0.39, 0.29) is 11.1 Å². The summed E-state index contributed by atoms with van der Waals surface area (Å²) in [6.45, 7) is 7.20. The van der Waals surface area contributed by atoms with Crippen LogP contribution in [0.25, 0.3) is 6.08 Å². The van der Waals surface area contributed by atoms with Crippen LogP contribution in [0.2, 0.25) is 0 Å². The molecule has 24 heavy (non-hydrogen) atoms. The molecule has 0 spiro atoms. The van der Waals surface area contributed by atoms with Gasteiger partial charge in [-0.25, -0.2) is 0 Å². The van der Waals surface area contributed by atoms with Crippen LogP contribution in [0.3, 0.4) is 0 Å². The number of ether oxygens (including phenoxy) is 2. The molecular formula is C17H20BrNO4S. The number of hydrogen-bond acceptors (Lipinski definition) is 5. The van der Waals surface area contributed by atoms with Gasteiger partial charge >= 0.3 is 0 Å². The third kappa shape index (κ3) is 4.13. The highest BCUT2D eigenvalue weighted by Crippen LogP contribution is 2.38. The molecular weight excluding hydrogens is 394 g/mol. The topological polar surface area (TPSA) is 55.8 Å². The maximum absolute atomic E-state index is 12.4. The van der Waals surface area contributed by atoms with E-state index in [2.05, 4.69) is 15.9 Å². The van der Waals surface area contributed by atoms with Gasteiger partial charge < -0.3 is 9.47 Å². The summed E-state index contributed by atoms with van der Waals surface area (Å²) in [5, 5.41) is -0.226. The summed E-state index contributed by atoms with van der Waals surface area (Å²) in [5.41, 5.74) is 0.731. The van der Waals surface area contributed by atoms with Gasteiger partial charge in [0, 0.05) is 18.2 Å². The molecule has 0 aliphatic carbocycles. The zero-order valence-corrected chi connectivity index (χ0v) is 16.3. The molecule has 1 aromatic carbocycles. The average molecular weight is 414 g/mol. The molecule has 0 saturated carbocycles. The molecule has 0 atom stereocenters. The molecule has 1 heterocycles. The molecule has 130 valence electrons. The lowest BCUT2D eigenvalue weighted by molar-refractivity contribution is -0.122. The second kappa shape index (κ2) is 8.58. The Kier molecular flexibility index (Phi) is 6.74. The normalized spacial score (nSPS) is 16.2. The first-order chi connectivity index (χ1) is 11.5. The van der Waals surface area contributed by atoms with Crippen molar-refractivity contribution < 1.29 is 19.1 Å². The van der Waals surface area contributed by atoms with E-state index in [4.69, 9.17) is 9.47 Å². The third-order valence-electron chi connectivity index (χ3n) is 3.27. The smallest absolute Gasteiger partial charge is 0.293 e. The number of carbonyl (C=O) groups excluding carboxylic acids is 2. The molecule has 7 heteroatoms. The van der Waals surface area contributed by atoms with Crippen LogP contribution in [-0.2, 0) is 4.79 Å². The van der Waals surface area contributed by atoms with Crippen LogP contribution in [0.1, 0.15) is 32.8 Å². The van der Waals surface area contributed by atoms with Crippen LogP contribution in [-0.4, -0.2) is 35.8 Å². The minimum absolute atomic E-state index is 0.226. The second-order valence-corrected chi connectivity index (χ2v) is 6.87. The van der Waals surface area contributed by atoms with Crippen molar-refractivity contribution in [3.05, 3.63) is 27.1 Å². The minimum Gasteiger partial charge on any atom is -0.493 e. The Morgan fingerprint density at radius 1 is 1.12 bits per heavy atom. The molecule has 0 N–H and O–H groups in total. The number of amides is 2. The van der Waals surface area contributed by atoms with Crippen molar-refractivity contribution in [1.82, 2.24) is 4.90 Å². The Balaban J connectivity index is 2.39. The molecule has 0 unspecified atom stereocenters. The van der Waals surface area contributed by atoms with Gasteiger partial charge in [-0.15, -0.1) is 0 Å². The average Bonchev–Trinajstić information content (AvgIpc) is 2.80. The van der Waals surface area contributed by atoms with Gasteiger partial charge in [0.25, 0.3) is 11.1 Å². The highest BCUT2D eigenvalue weighted by Gasteiger charge is 2.34. The Bertz CT molecular complexity index is 675. The lowest BCUT2D eigenvalue weighted by Crippen LogP contribution is -2.28. The van der Waals surface area contributed by atoms with E-state index >= 15 is 0 Å². The molecule has 2 rings (SSSR count). The Hall–Kier alpha value is -1.47. The highest BCUT2D eigenvalue weighted by atomic mass is 79.9. The van der Waals surface area contributed by atoms with Gasteiger partial charge in [0.1, 0.15) is 11.5 Å². The van der Waals surface area contributed by atoms with E-state index in [1.807, 2.05) is 26.8 Å². The molecule has 0 aromatic heterocycles. The fraction of sp³-hybridized carbons (Fsp3) is 0.412. The number of halogens is 1. The quantitative estimate of drug-likeness (QED) is 0.606. The predicted octanol–water partition coefficient (Wildman–Crippen LogP) is 4.69. The highest BCUT2D eigenvalue weighted by molar-refractivity contribution is 9.10. The van der Waals surface area contributed by atoms with E-state index in [0.717, 1.165) is 28.2 Å². The minimum atomic E-state index is -0.251. The van der Waals surface area contributed by atoms with Gasteiger partial charge in [-0.05, 0) is 60.1 Å². The fourth-order valence-electron chi connectivity index (χ4n) is 2.27. The van der Waals surface area contributed by atoms with Crippen molar-refractivity contribution in [3.8, 4) is 11.5 Å². The molecule has 2 amide bonds. The maximum Gasteiger partial charge on any atom is 0.293 e. The first-order valence-corrected chi connectivity index (χ1v) is 9.47. The summed E-state index contributed by atoms with van der Waals surface area (Å²) in [6, 6.07) is 3.63. The largest absolute Gasteiger partial charge is 0.493 e. The van der Waals surface area contributed by atoms with Crippen LogP contribution in [0.4, 0.5) is 4.79 Å². The van der Waals surface area contributed by atoms with Crippen molar-refractivity contribution in [2.45, 2.75) is 27.2 Å². The standard InChI is InChI=1S/C17H20BrNO4S/c1-4-7-19-16(20)15(24-17(19)21)9-11-8-12(18)14(23-6-3)10-13(11)22-5-2/h8-10H,4-7H2,1-3H3/b15-9-. The van der Waals surface area contributed by atoms with Gasteiger partial charge in [-0.3, -0.25) is 14.5 Å². The van der Waals surface area contributed by atoms with E-state index < -0.39 is 0 Å². The van der Waals surface area contributed by atoms with Crippen LogP contribution >= 0.6 is 27.7 Å². The number of hydrogen-bond donors (Lipinski definition) is 0. The maximum atomic E-state index is 12.4. The van der Waals surface area contributed by atoms with Crippen LogP contribution in [0.5, 0.6) is 11.5 Å². The van der Waals surface area contributed by atoms with Gasteiger partial charge in [0.15, 0.2) is 0 Å². The summed E-state index contributed by atoms with van der Waals surface area (Å²) in [7, 11) is 0. The van der Waals surface area contributed by atoms with Crippen molar-refractivity contribution in [2.75, 3.05) is 19.8 Å². The van der Waals surface area contributed by atoms with Crippen molar-refractivity contribution in [1.29, 1.82) is 0 Å². The number of carbonyl (C=O) groups is 2. The molecule has 0 radical (unpaired) electrons. The first kappa shape index (κ1) is 18.9. The lowest BCUT2D eigenvalue weighted by Gasteiger charge is -2.13. The molecule has 1 aromatic rings. The third-order valence-corrected chi connectivity index (χ3v) is 4.80. The number of imide groups is 1. The van der Waals surface area contributed by atoms with Gasteiger partial charge in [0.2, 0.25) is 0 Å². The number of benzene rings is 1. The summed E-state index contributed by atoms with van der Waals surface area (Å²) in [4.78, 5) is 26.0. The predicted molar refractivity (Wildman–Crippen MR) is 99.4 cm³/mol. The van der Waals surface area contributed by atoms with Gasteiger partial charge in [-0.2, -0.15) is 0 Å². The van der Waals surface area contributed by atoms with E-state index in [1.165, 1.54) is 4.90 Å². The Morgan fingerprint density at radius 3 is 2.42 bits per heavy atom. The van der Waals surface area contributed by atoms with Gasteiger partial charge in [-0.1, -0.05) is 6.92 Å². The molecule has 5 nitrogen and oxygen atoms in total. The molecule has 1 aliphatic heterocycles. The SMILES string of the molecule is CCCN1C(=O)S/C(=C\c2cc(Br)c(OCC)cc2OCC)C1=O. The molecule has 0 bridgehead atoms. The number of rotatable bonds is 7. The fourth-order valence-corrected chi connectivity index (χ4v) is 3.60. The zero-order valence-electron chi connectivity index (χ0n) is 13.9.